The van der Waals surface area contributed by atoms with Crippen LogP contribution in [-0.4, -0.2) is 42.5 Å². The molecule has 1 saturated heterocycles. The van der Waals surface area contributed by atoms with E-state index in [4.69, 9.17) is 11.6 Å². The molecule has 0 spiro atoms. The van der Waals surface area contributed by atoms with Gasteiger partial charge in [-0.15, -0.1) is 12.4 Å². The van der Waals surface area contributed by atoms with Gasteiger partial charge in [-0.1, -0.05) is 11.6 Å². The van der Waals surface area contributed by atoms with Crippen LogP contribution >= 0.6 is 24.0 Å². The average molecular weight is 304 g/mol. The van der Waals surface area contributed by atoms with Crippen LogP contribution in [0.15, 0.2) is 18.3 Å². The van der Waals surface area contributed by atoms with Crippen molar-refractivity contribution >= 4 is 29.9 Å². The summed E-state index contributed by atoms with van der Waals surface area (Å²) in [5, 5.41) is 3.63. The van der Waals surface area contributed by atoms with Gasteiger partial charge in [-0.05, 0) is 44.0 Å². The fourth-order valence-corrected chi connectivity index (χ4v) is 2.50. The number of carbonyl (C=O) groups excluding carboxylic acids is 1. The molecule has 1 amide bonds. The summed E-state index contributed by atoms with van der Waals surface area (Å²) in [7, 11) is 1.82. The second-order valence-corrected chi connectivity index (χ2v) is 5.10. The van der Waals surface area contributed by atoms with E-state index in [1.54, 1.807) is 23.2 Å². The van der Waals surface area contributed by atoms with E-state index in [0.717, 1.165) is 19.6 Å². The van der Waals surface area contributed by atoms with Crippen molar-refractivity contribution in [1.82, 2.24) is 15.2 Å². The van der Waals surface area contributed by atoms with Gasteiger partial charge in [0.05, 0.1) is 5.56 Å². The third-order valence-electron chi connectivity index (χ3n) is 3.27. The van der Waals surface area contributed by atoms with Crippen molar-refractivity contribution in [2.75, 3.05) is 26.7 Å². The molecule has 0 saturated carbocycles. The molecule has 6 heteroatoms. The summed E-state index contributed by atoms with van der Waals surface area (Å²) in [5.41, 5.74) is 0.477. The molecule has 0 aromatic carbocycles. The highest BCUT2D eigenvalue weighted by atomic mass is 35.5. The summed E-state index contributed by atoms with van der Waals surface area (Å²) in [5.74, 6) is 0.474. The van der Waals surface area contributed by atoms with E-state index in [1.165, 1.54) is 12.8 Å². The topological polar surface area (TPSA) is 45.2 Å². The number of hydrogen-bond donors (Lipinski definition) is 1. The number of carbonyl (C=O) groups is 1. The molecule has 0 radical (unpaired) electrons. The highest BCUT2D eigenvalue weighted by molar-refractivity contribution is 6.32. The first-order chi connectivity index (χ1) is 8.68. The minimum absolute atomic E-state index is 0. The monoisotopic (exact) mass is 303 g/mol. The predicted molar refractivity (Wildman–Crippen MR) is 79.0 cm³/mol. The summed E-state index contributed by atoms with van der Waals surface area (Å²) in [6.07, 6.45) is 3.94. The van der Waals surface area contributed by atoms with Crippen LogP contribution in [0.4, 0.5) is 0 Å². The number of halogens is 2. The minimum Gasteiger partial charge on any atom is -0.341 e. The summed E-state index contributed by atoms with van der Waals surface area (Å²) in [6.45, 7) is 2.83. The largest absolute Gasteiger partial charge is 0.341 e. The smallest absolute Gasteiger partial charge is 0.256 e. The summed E-state index contributed by atoms with van der Waals surface area (Å²) in [4.78, 5) is 17.9. The van der Waals surface area contributed by atoms with Gasteiger partial charge in [0.2, 0.25) is 0 Å². The van der Waals surface area contributed by atoms with Crippen molar-refractivity contribution in [3.05, 3.63) is 29.0 Å². The lowest BCUT2D eigenvalue weighted by Crippen LogP contribution is -2.39. The molecule has 1 fully saturated rings. The number of hydrogen-bond acceptors (Lipinski definition) is 3. The van der Waals surface area contributed by atoms with Gasteiger partial charge >= 0.3 is 0 Å². The summed E-state index contributed by atoms with van der Waals surface area (Å²) >= 11 is 5.93. The zero-order chi connectivity index (χ0) is 13.0. The number of rotatable bonds is 3. The Bertz CT molecular complexity index is 422. The first-order valence-corrected chi connectivity index (χ1v) is 6.63. The van der Waals surface area contributed by atoms with E-state index in [9.17, 15) is 4.79 Å². The molecule has 0 bridgehead atoms. The van der Waals surface area contributed by atoms with Crippen molar-refractivity contribution in [2.24, 2.45) is 5.92 Å². The van der Waals surface area contributed by atoms with Crippen LogP contribution in [0, 0.1) is 5.92 Å². The van der Waals surface area contributed by atoms with E-state index < -0.39 is 0 Å². The molecule has 2 heterocycles. The molecule has 1 unspecified atom stereocenters. The SMILES string of the molecule is CN(CC1CCCNC1)C(=O)c1cccnc1Cl.Cl. The molecule has 19 heavy (non-hydrogen) atoms. The van der Waals surface area contributed by atoms with Gasteiger partial charge in [0.15, 0.2) is 0 Å². The first kappa shape index (κ1) is 16.2. The highest BCUT2D eigenvalue weighted by Gasteiger charge is 2.20. The van der Waals surface area contributed by atoms with Crippen molar-refractivity contribution in [3.8, 4) is 0 Å². The Morgan fingerprint density at radius 1 is 1.63 bits per heavy atom. The van der Waals surface area contributed by atoms with Crippen LogP contribution in [-0.2, 0) is 0 Å². The number of amides is 1. The Labute approximate surface area is 124 Å². The van der Waals surface area contributed by atoms with Gasteiger partial charge in [-0.3, -0.25) is 4.79 Å². The van der Waals surface area contributed by atoms with E-state index in [2.05, 4.69) is 10.3 Å². The fourth-order valence-electron chi connectivity index (χ4n) is 2.30. The molecular formula is C13H19Cl2N3O. The van der Waals surface area contributed by atoms with Gasteiger partial charge in [-0.25, -0.2) is 4.98 Å². The quantitative estimate of drug-likeness (QED) is 0.871. The number of piperidine rings is 1. The maximum absolute atomic E-state index is 12.2. The molecule has 106 valence electrons. The first-order valence-electron chi connectivity index (χ1n) is 6.25. The Balaban J connectivity index is 0.00000180. The van der Waals surface area contributed by atoms with Crippen LogP contribution in [0.2, 0.25) is 5.15 Å². The molecule has 1 N–H and O–H groups in total. The standard InChI is InChI=1S/C13H18ClN3O.ClH/c1-17(9-10-4-2-6-15-8-10)13(18)11-5-3-7-16-12(11)14;/h3,5,7,10,15H,2,4,6,8-9H2,1H3;1H. The number of nitrogens with zero attached hydrogens (tertiary/aromatic N) is 2. The van der Waals surface area contributed by atoms with Gasteiger partial charge < -0.3 is 10.2 Å². The highest BCUT2D eigenvalue weighted by Crippen LogP contribution is 2.16. The number of pyridine rings is 1. The van der Waals surface area contributed by atoms with Gasteiger partial charge in [-0.2, -0.15) is 0 Å². The number of aromatic nitrogens is 1. The summed E-state index contributed by atoms with van der Waals surface area (Å²) in [6, 6.07) is 3.45. The lowest BCUT2D eigenvalue weighted by Gasteiger charge is -2.27. The van der Waals surface area contributed by atoms with E-state index in [-0.39, 0.29) is 23.5 Å². The molecule has 1 aromatic heterocycles. The van der Waals surface area contributed by atoms with E-state index >= 15 is 0 Å². The van der Waals surface area contributed by atoms with Gasteiger partial charge in [0.1, 0.15) is 5.15 Å². The van der Waals surface area contributed by atoms with Crippen molar-refractivity contribution < 1.29 is 4.79 Å². The molecule has 1 aromatic rings. The molecule has 1 aliphatic heterocycles. The van der Waals surface area contributed by atoms with Crippen LogP contribution in [0.3, 0.4) is 0 Å². The average Bonchev–Trinajstić information content (AvgIpc) is 2.39. The maximum Gasteiger partial charge on any atom is 0.256 e. The van der Waals surface area contributed by atoms with Crippen molar-refractivity contribution in [3.63, 3.8) is 0 Å². The third kappa shape index (κ3) is 4.34. The Morgan fingerprint density at radius 3 is 3.05 bits per heavy atom. The minimum atomic E-state index is -0.0568. The fraction of sp³-hybridized carbons (Fsp3) is 0.538. The lowest BCUT2D eigenvalue weighted by atomic mass is 9.99. The van der Waals surface area contributed by atoms with Crippen molar-refractivity contribution in [1.29, 1.82) is 0 Å². The zero-order valence-corrected chi connectivity index (χ0v) is 12.5. The van der Waals surface area contributed by atoms with E-state index in [1.807, 2.05) is 7.05 Å². The third-order valence-corrected chi connectivity index (χ3v) is 3.57. The maximum atomic E-state index is 12.2. The molecule has 0 aliphatic carbocycles. The van der Waals surface area contributed by atoms with Crippen LogP contribution < -0.4 is 5.32 Å². The normalized spacial score (nSPS) is 18.5. The molecule has 2 rings (SSSR count). The molecule has 1 atom stereocenters. The Kier molecular flexibility index (Phi) is 6.55. The predicted octanol–water partition coefficient (Wildman–Crippen LogP) is 2.23. The van der Waals surface area contributed by atoms with Gasteiger partial charge in [0, 0.05) is 19.8 Å². The van der Waals surface area contributed by atoms with Crippen LogP contribution in [0.25, 0.3) is 0 Å². The molecule has 4 nitrogen and oxygen atoms in total. The second-order valence-electron chi connectivity index (χ2n) is 4.74. The second kappa shape index (κ2) is 7.68. The Hall–Kier alpha value is -0.840. The molecular weight excluding hydrogens is 285 g/mol. The number of nitrogens with one attached hydrogen (secondary N) is 1. The van der Waals surface area contributed by atoms with E-state index in [0.29, 0.717) is 11.5 Å². The summed E-state index contributed by atoms with van der Waals surface area (Å²) < 4.78 is 0. The van der Waals surface area contributed by atoms with Crippen molar-refractivity contribution in [2.45, 2.75) is 12.8 Å². The van der Waals surface area contributed by atoms with Crippen LogP contribution in [0.5, 0.6) is 0 Å². The molecule has 1 aliphatic rings. The Morgan fingerprint density at radius 2 is 2.42 bits per heavy atom. The lowest BCUT2D eigenvalue weighted by molar-refractivity contribution is 0.0764. The van der Waals surface area contributed by atoms with Crippen LogP contribution in [0.1, 0.15) is 23.2 Å². The zero-order valence-electron chi connectivity index (χ0n) is 10.9. The van der Waals surface area contributed by atoms with Gasteiger partial charge in [0.25, 0.3) is 5.91 Å².